The van der Waals surface area contributed by atoms with E-state index in [2.05, 4.69) is 10.6 Å². The number of para-hydroxylation sites is 2. The average Bonchev–Trinajstić information content (AvgIpc) is 3.63. The standard InChI is InChI=1S/C26H25N3O3/c1-32-21-14-10-18(11-15-21)22(26(31)28-20-12-13-20)16-17-6-8-19(9-7-17)25(30)29-24-5-3-2-4-23(24)27/h2-11,14-16,20H,12-13,27H2,1H3,(H,28,31)(H,29,30)/b22-16+. The van der Waals surface area contributed by atoms with E-state index in [1.54, 1.807) is 31.4 Å². The third-order valence-corrected chi connectivity index (χ3v) is 5.25. The Hall–Kier alpha value is -4.06. The maximum Gasteiger partial charge on any atom is 0.255 e. The van der Waals surface area contributed by atoms with Gasteiger partial charge < -0.3 is 21.1 Å². The van der Waals surface area contributed by atoms with Gasteiger partial charge in [-0.2, -0.15) is 0 Å². The van der Waals surface area contributed by atoms with Crippen molar-refractivity contribution in [1.29, 1.82) is 0 Å². The molecule has 0 saturated heterocycles. The summed E-state index contributed by atoms with van der Waals surface area (Å²) in [7, 11) is 1.61. The van der Waals surface area contributed by atoms with Crippen LogP contribution in [0.25, 0.3) is 11.6 Å². The number of amides is 2. The van der Waals surface area contributed by atoms with E-state index < -0.39 is 0 Å². The van der Waals surface area contributed by atoms with Gasteiger partial charge in [-0.1, -0.05) is 36.4 Å². The fraction of sp³-hybridized carbons (Fsp3) is 0.154. The molecular formula is C26H25N3O3. The van der Waals surface area contributed by atoms with Crippen LogP contribution in [0.15, 0.2) is 72.8 Å². The van der Waals surface area contributed by atoms with E-state index in [0.717, 1.165) is 29.7 Å². The van der Waals surface area contributed by atoms with Crippen LogP contribution in [0.1, 0.15) is 34.3 Å². The smallest absolute Gasteiger partial charge is 0.255 e. The van der Waals surface area contributed by atoms with Crippen LogP contribution in [-0.2, 0) is 4.79 Å². The molecule has 0 spiro atoms. The number of ether oxygens (including phenoxy) is 1. The first kappa shape index (κ1) is 21.2. The third-order valence-electron chi connectivity index (χ3n) is 5.25. The minimum atomic E-state index is -0.250. The van der Waals surface area contributed by atoms with E-state index in [1.807, 2.05) is 54.6 Å². The van der Waals surface area contributed by atoms with Gasteiger partial charge in [-0.25, -0.2) is 0 Å². The molecule has 32 heavy (non-hydrogen) atoms. The molecule has 162 valence electrons. The van der Waals surface area contributed by atoms with Crippen LogP contribution in [0, 0.1) is 0 Å². The lowest BCUT2D eigenvalue weighted by atomic mass is 10.0. The van der Waals surface area contributed by atoms with E-state index in [0.29, 0.717) is 22.5 Å². The molecule has 0 aliphatic heterocycles. The second-order valence-electron chi connectivity index (χ2n) is 7.70. The molecule has 0 heterocycles. The summed E-state index contributed by atoms with van der Waals surface area (Å²) in [5.74, 6) is 0.365. The second-order valence-corrected chi connectivity index (χ2v) is 7.70. The van der Waals surface area contributed by atoms with E-state index in [4.69, 9.17) is 10.5 Å². The molecule has 1 aliphatic carbocycles. The second kappa shape index (κ2) is 9.39. The van der Waals surface area contributed by atoms with E-state index in [1.165, 1.54) is 0 Å². The number of anilines is 2. The monoisotopic (exact) mass is 427 g/mol. The Bertz CT molecular complexity index is 1150. The van der Waals surface area contributed by atoms with Gasteiger partial charge in [0.2, 0.25) is 0 Å². The maximum atomic E-state index is 12.9. The fourth-order valence-electron chi connectivity index (χ4n) is 3.24. The Morgan fingerprint density at radius 3 is 2.22 bits per heavy atom. The summed E-state index contributed by atoms with van der Waals surface area (Å²) in [6, 6.07) is 21.8. The Morgan fingerprint density at radius 2 is 1.59 bits per heavy atom. The number of methoxy groups -OCH3 is 1. The van der Waals surface area contributed by atoms with Gasteiger partial charge in [-0.05, 0) is 66.4 Å². The van der Waals surface area contributed by atoms with E-state index in [9.17, 15) is 9.59 Å². The van der Waals surface area contributed by atoms with Gasteiger partial charge in [0.25, 0.3) is 11.8 Å². The van der Waals surface area contributed by atoms with Crippen molar-refractivity contribution in [2.75, 3.05) is 18.2 Å². The van der Waals surface area contributed by atoms with E-state index >= 15 is 0 Å². The molecule has 0 bridgehead atoms. The molecule has 4 rings (SSSR count). The third kappa shape index (κ3) is 5.16. The highest BCUT2D eigenvalue weighted by Crippen LogP contribution is 2.25. The quantitative estimate of drug-likeness (QED) is 0.297. The molecular weight excluding hydrogens is 402 g/mol. The number of benzene rings is 3. The number of nitrogens with two attached hydrogens (primary N) is 1. The molecule has 1 aliphatic rings. The molecule has 3 aromatic rings. The van der Waals surface area contributed by atoms with Gasteiger partial charge in [-0.15, -0.1) is 0 Å². The van der Waals surface area contributed by atoms with Crippen molar-refractivity contribution in [1.82, 2.24) is 5.32 Å². The van der Waals surface area contributed by atoms with Crippen molar-refractivity contribution in [3.8, 4) is 5.75 Å². The molecule has 0 aromatic heterocycles. The summed E-state index contributed by atoms with van der Waals surface area (Å²) in [6.07, 6.45) is 3.85. The zero-order valence-corrected chi connectivity index (χ0v) is 17.8. The van der Waals surface area contributed by atoms with E-state index in [-0.39, 0.29) is 17.9 Å². The number of carbonyl (C=O) groups is 2. The van der Waals surface area contributed by atoms with Gasteiger partial charge in [0, 0.05) is 17.2 Å². The zero-order valence-electron chi connectivity index (χ0n) is 17.8. The number of carbonyl (C=O) groups excluding carboxylic acids is 2. The van der Waals surface area contributed by atoms with Crippen molar-refractivity contribution in [2.24, 2.45) is 0 Å². The van der Waals surface area contributed by atoms with Gasteiger partial charge in [0.1, 0.15) is 5.75 Å². The minimum absolute atomic E-state index is 0.112. The lowest BCUT2D eigenvalue weighted by Crippen LogP contribution is -2.26. The highest BCUT2D eigenvalue weighted by molar-refractivity contribution is 6.24. The lowest BCUT2D eigenvalue weighted by Gasteiger charge is -2.11. The molecule has 3 aromatic carbocycles. The summed E-state index contributed by atoms with van der Waals surface area (Å²) < 4.78 is 5.22. The molecule has 2 amide bonds. The maximum absolute atomic E-state index is 12.9. The molecule has 6 nitrogen and oxygen atoms in total. The van der Waals surface area contributed by atoms with Crippen molar-refractivity contribution < 1.29 is 14.3 Å². The summed E-state index contributed by atoms with van der Waals surface area (Å²) in [4.78, 5) is 25.4. The highest BCUT2D eigenvalue weighted by atomic mass is 16.5. The van der Waals surface area contributed by atoms with Crippen LogP contribution in [-0.4, -0.2) is 25.0 Å². The Kier molecular flexibility index (Phi) is 6.22. The Morgan fingerprint density at radius 1 is 0.938 bits per heavy atom. The molecule has 0 radical (unpaired) electrons. The molecule has 4 N–H and O–H groups in total. The van der Waals surface area contributed by atoms with Crippen LogP contribution in [0.5, 0.6) is 5.75 Å². The summed E-state index contributed by atoms with van der Waals surface area (Å²) in [5.41, 5.74) is 9.65. The first-order valence-corrected chi connectivity index (χ1v) is 10.5. The molecule has 0 unspecified atom stereocenters. The van der Waals surface area contributed by atoms with Crippen molar-refractivity contribution in [2.45, 2.75) is 18.9 Å². The SMILES string of the molecule is COc1ccc(/C(=C\c2ccc(C(=O)Nc3ccccc3N)cc2)C(=O)NC2CC2)cc1. The molecule has 0 atom stereocenters. The van der Waals surface area contributed by atoms with Crippen molar-refractivity contribution >= 4 is 34.8 Å². The zero-order chi connectivity index (χ0) is 22.5. The van der Waals surface area contributed by atoms with Crippen LogP contribution in [0.4, 0.5) is 11.4 Å². The fourth-order valence-corrected chi connectivity index (χ4v) is 3.24. The van der Waals surface area contributed by atoms with Crippen LogP contribution in [0.3, 0.4) is 0 Å². The van der Waals surface area contributed by atoms with Gasteiger partial charge in [0.05, 0.1) is 18.5 Å². The minimum Gasteiger partial charge on any atom is -0.497 e. The first-order chi connectivity index (χ1) is 15.5. The number of nitrogen functional groups attached to an aromatic ring is 1. The predicted octanol–water partition coefficient (Wildman–Crippen LogP) is 4.35. The molecule has 6 heteroatoms. The number of rotatable bonds is 7. The summed E-state index contributed by atoms with van der Waals surface area (Å²) in [5, 5.41) is 5.86. The number of hydrogen-bond donors (Lipinski definition) is 3. The Balaban J connectivity index is 1.56. The topological polar surface area (TPSA) is 93.4 Å². The first-order valence-electron chi connectivity index (χ1n) is 10.5. The summed E-state index contributed by atoms with van der Waals surface area (Å²) in [6.45, 7) is 0. The van der Waals surface area contributed by atoms with Crippen molar-refractivity contribution in [3.63, 3.8) is 0 Å². The number of hydrogen-bond acceptors (Lipinski definition) is 4. The normalized spacial score (nSPS) is 13.3. The van der Waals surface area contributed by atoms with Crippen molar-refractivity contribution in [3.05, 3.63) is 89.5 Å². The summed E-state index contributed by atoms with van der Waals surface area (Å²) >= 11 is 0. The van der Waals surface area contributed by atoms with Crippen LogP contribution in [0.2, 0.25) is 0 Å². The van der Waals surface area contributed by atoms with Crippen LogP contribution < -0.4 is 21.1 Å². The van der Waals surface area contributed by atoms with Crippen LogP contribution >= 0.6 is 0 Å². The van der Waals surface area contributed by atoms with Gasteiger partial charge >= 0.3 is 0 Å². The largest absolute Gasteiger partial charge is 0.497 e. The average molecular weight is 428 g/mol. The number of nitrogens with one attached hydrogen (secondary N) is 2. The lowest BCUT2D eigenvalue weighted by molar-refractivity contribution is -0.115. The Labute approximate surface area is 187 Å². The molecule has 1 fully saturated rings. The predicted molar refractivity (Wildman–Crippen MR) is 127 cm³/mol. The molecule has 1 saturated carbocycles. The van der Waals surface area contributed by atoms with Gasteiger partial charge in [-0.3, -0.25) is 9.59 Å². The highest BCUT2D eigenvalue weighted by Gasteiger charge is 2.25. The van der Waals surface area contributed by atoms with Gasteiger partial charge in [0.15, 0.2) is 0 Å².